The molecule has 2 rings (SSSR count). The normalized spacial score (nSPS) is 11.5. The lowest BCUT2D eigenvalue weighted by molar-refractivity contribution is 0.573. The minimum atomic E-state index is -3.66. The quantitative estimate of drug-likeness (QED) is 0.854. The number of sulfonamides is 1. The number of aryl methyl sites for hydroxylation is 1. The Hall–Kier alpha value is -2.02. The Bertz CT molecular complexity index is 679. The Kier molecular flexibility index (Phi) is 3.48. The summed E-state index contributed by atoms with van der Waals surface area (Å²) in [6, 6.07) is 8.36. The fourth-order valence-electron chi connectivity index (χ4n) is 1.91. The number of nitrogens with two attached hydrogens (primary N) is 1. The molecule has 0 aliphatic rings. The standard InChI is InChI=1S/C12H16N4O2S/c1-3-16(11-7-5-4-6-10(11)13)19(17,18)12-8-9-14-15(12)2/h4-9H,3,13H2,1-2H3. The number of nitrogen functional groups attached to an aromatic ring is 1. The van der Waals surface area contributed by atoms with E-state index in [1.165, 1.54) is 21.3 Å². The lowest BCUT2D eigenvalue weighted by atomic mass is 10.3. The average Bonchev–Trinajstić information content (AvgIpc) is 2.79. The van der Waals surface area contributed by atoms with Crippen LogP contribution in [-0.2, 0) is 17.1 Å². The first kappa shape index (κ1) is 13.4. The van der Waals surface area contributed by atoms with Crippen LogP contribution in [0.4, 0.5) is 11.4 Å². The highest BCUT2D eigenvalue weighted by Gasteiger charge is 2.27. The fourth-order valence-corrected chi connectivity index (χ4v) is 3.52. The minimum absolute atomic E-state index is 0.137. The molecule has 2 N–H and O–H groups in total. The molecule has 0 atom stereocenters. The third-order valence-corrected chi connectivity index (χ3v) is 4.79. The largest absolute Gasteiger partial charge is 0.397 e. The summed E-state index contributed by atoms with van der Waals surface area (Å²) in [5.41, 5.74) is 6.76. The van der Waals surface area contributed by atoms with E-state index in [-0.39, 0.29) is 5.03 Å². The van der Waals surface area contributed by atoms with Gasteiger partial charge < -0.3 is 5.73 Å². The topological polar surface area (TPSA) is 81.2 Å². The van der Waals surface area contributed by atoms with E-state index in [1.54, 1.807) is 38.2 Å². The van der Waals surface area contributed by atoms with E-state index < -0.39 is 10.0 Å². The van der Waals surface area contributed by atoms with E-state index >= 15 is 0 Å². The van der Waals surface area contributed by atoms with E-state index in [1.807, 2.05) is 0 Å². The summed E-state index contributed by atoms with van der Waals surface area (Å²) in [5, 5.41) is 4.03. The lowest BCUT2D eigenvalue weighted by Gasteiger charge is -2.23. The number of anilines is 2. The molecule has 2 aromatic rings. The van der Waals surface area contributed by atoms with Crippen LogP contribution in [0.25, 0.3) is 0 Å². The van der Waals surface area contributed by atoms with Gasteiger partial charge in [-0.2, -0.15) is 13.5 Å². The first-order chi connectivity index (χ1) is 8.98. The molecule has 0 bridgehead atoms. The van der Waals surface area contributed by atoms with Crippen molar-refractivity contribution in [2.24, 2.45) is 7.05 Å². The molecule has 0 aliphatic heterocycles. The van der Waals surface area contributed by atoms with Crippen molar-refractivity contribution in [3.63, 3.8) is 0 Å². The molecule has 6 nitrogen and oxygen atoms in total. The highest BCUT2D eigenvalue weighted by Crippen LogP contribution is 2.27. The number of hydrogen-bond donors (Lipinski definition) is 1. The van der Waals surface area contributed by atoms with Gasteiger partial charge in [-0.15, -0.1) is 0 Å². The smallest absolute Gasteiger partial charge is 0.281 e. The zero-order valence-corrected chi connectivity index (χ0v) is 11.6. The molecule has 0 fully saturated rings. The van der Waals surface area contributed by atoms with Crippen LogP contribution in [0.2, 0.25) is 0 Å². The van der Waals surface area contributed by atoms with Gasteiger partial charge in [0.15, 0.2) is 5.03 Å². The van der Waals surface area contributed by atoms with Crippen molar-refractivity contribution in [1.29, 1.82) is 0 Å². The maximum Gasteiger partial charge on any atom is 0.281 e. The van der Waals surface area contributed by atoms with Crippen molar-refractivity contribution in [2.75, 3.05) is 16.6 Å². The molecule has 7 heteroatoms. The Labute approximate surface area is 112 Å². The van der Waals surface area contributed by atoms with Crippen molar-refractivity contribution >= 4 is 21.4 Å². The van der Waals surface area contributed by atoms with Crippen molar-refractivity contribution in [2.45, 2.75) is 11.9 Å². The van der Waals surface area contributed by atoms with Crippen LogP contribution >= 0.6 is 0 Å². The van der Waals surface area contributed by atoms with Gasteiger partial charge in [0.2, 0.25) is 0 Å². The Balaban J connectivity index is 2.55. The van der Waals surface area contributed by atoms with Crippen molar-refractivity contribution in [3.8, 4) is 0 Å². The number of benzene rings is 1. The zero-order chi connectivity index (χ0) is 14.0. The predicted molar refractivity (Wildman–Crippen MR) is 74.3 cm³/mol. The van der Waals surface area contributed by atoms with Crippen LogP contribution < -0.4 is 10.0 Å². The molecule has 0 radical (unpaired) electrons. The van der Waals surface area contributed by atoms with E-state index in [4.69, 9.17) is 5.73 Å². The molecule has 0 saturated heterocycles. The fraction of sp³-hybridized carbons (Fsp3) is 0.250. The van der Waals surface area contributed by atoms with Gasteiger partial charge in [-0.25, -0.2) is 0 Å². The molecule has 1 heterocycles. The molecule has 0 saturated carbocycles. The van der Waals surface area contributed by atoms with Gasteiger partial charge in [-0.1, -0.05) is 12.1 Å². The van der Waals surface area contributed by atoms with Crippen molar-refractivity contribution in [3.05, 3.63) is 36.5 Å². The second-order valence-electron chi connectivity index (χ2n) is 4.02. The SMILES string of the molecule is CCN(c1ccccc1N)S(=O)(=O)c1ccnn1C. The molecular formula is C12H16N4O2S. The molecule has 0 spiro atoms. The first-order valence-electron chi connectivity index (χ1n) is 5.83. The average molecular weight is 280 g/mol. The highest BCUT2D eigenvalue weighted by atomic mass is 32.2. The monoisotopic (exact) mass is 280 g/mol. The predicted octanol–water partition coefficient (Wildman–Crippen LogP) is 1.22. The summed E-state index contributed by atoms with van der Waals surface area (Å²) < 4.78 is 27.8. The van der Waals surface area contributed by atoms with Gasteiger partial charge in [0.05, 0.1) is 17.6 Å². The maximum absolute atomic E-state index is 12.6. The second-order valence-corrected chi connectivity index (χ2v) is 5.83. The van der Waals surface area contributed by atoms with Crippen molar-refractivity contribution in [1.82, 2.24) is 9.78 Å². The summed E-state index contributed by atoms with van der Waals surface area (Å²) in [6.45, 7) is 2.06. The molecule has 1 aromatic heterocycles. The Morgan fingerprint density at radius 1 is 1.32 bits per heavy atom. The van der Waals surface area contributed by atoms with Gasteiger partial charge in [-0.3, -0.25) is 8.99 Å². The molecule has 102 valence electrons. The van der Waals surface area contributed by atoms with Crippen LogP contribution in [0, 0.1) is 0 Å². The lowest BCUT2D eigenvalue weighted by Crippen LogP contribution is -2.32. The van der Waals surface area contributed by atoms with Crippen LogP contribution in [0.15, 0.2) is 41.6 Å². The van der Waals surface area contributed by atoms with E-state index in [0.717, 1.165) is 0 Å². The molecular weight excluding hydrogens is 264 g/mol. The third-order valence-electron chi connectivity index (χ3n) is 2.82. The number of para-hydroxylation sites is 2. The summed E-state index contributed by atoms with van der Waals surface area (Å²) in [6.07, 6.45) is 1.45. The van der Waals surface area contributed by atoms with Crippen LogP contribution in [0.1, 0.15) is 6.92 Å². The molecule has 0 aliphatic carbocycles. The molecule has 19 heavy (non-hydrogen) atoms. The van der Waals surface area contributed by atoms with Crippen LogP contribution in [0.5, 0.6) is 0 Å². The van der Waals surface area contributed by atoms with Gasteiger partial charge >= 0.3 is 0 Å². The highest BCUT2D eigenvalue weighted by molar-refractivity contribution is 7.92. The molecule has 1 aromatic carbocycles. The van der Waals surface area contributed by atoms with Gasteiger partial charge in [0, 0.05) is 13.6 Å². The first-order valence-corrected chi connectivity index (χ1v) is 7.27. The molecule has 0 amide bonds. The number of nitrogens with zero attached hydrogens (tertiary/aromatic N) is 3. The van der Waals surface area contributed by atoms with Gasteiger partial charge in [0.1, 0.15) is 0 Å². The minimum Gasteiger partial charge on any atom is -0.397 e. The molecule has 0 unspecified atom stereocenters. The maximum atomic E-state index is 12.6. The summed E-state index contributed by atoms with van der Waals surface area (Å²) >= 11 is 0. The van der Waals surface area contributed by atoms with Gasteiger partial charge in [0.25, 0.3) is 10.0 Å². The summed E-state index contributed by atoms with van der Waals surface area (Å²) in [5.74, 6) is 0. The van der Waals surface area contributed by atoms with E-state index in [9.17, 15) is 8.42 Å². The Morgan fingerprint density at radius 3 is 2.53 bits per heavy atom. The number of hydrogen-bond acceptors (Lipinski definition) is 4. The zero-order valence-electron chi connectivity index (χ0n) is 10.8. The van der Waals surface area contributed by atoms with Crippen molar-refractivity contribution < 1.29 is 8.42 Å². The summed E-state index contributed by atoms with van der Waals surface area (Å²) in [4.78, 5) is 0. The summed E-state index contributed by atoms with van der Waals surface area (Å²) in [7, 11) is -2.07. The van der Waals surface area contributed by atoms with Crippen LogP contribution in [0.3, 0.4) is 0 Å². The van der Waals surface area contributed by atoms with Gasteiger partial charge in [-0.05, 0) is 25.1 Å². The second kappa shape index (κ2) is 4.93. The van der Waals surface area contributed by atoms with E-state index in [0.29, 0.717) is 17.9 Å². The van der Waals surface area contributed by atoms with Crippen LogP contribution in [-0.4, -0.2) is 24.7 Å². The number of rotatable bonds is 4. The van der Waals surface area contributed by atoms with E-state index in [2.05, 4.69) is 5.10 Å². The Morgan fingerprint density at radius 2 is 2.00 bits per heavy atom. The third kappa shape index (κ3) is 2.28. The number of aromatic nitrogens is 2.